The zero-order valence-corrected chi connectivity index (χ0v) is 15.9. The van der Waals surface area contributed by atoms with Gasteiger partial charge < -0.3 is 9.64 Å². The fraction of sp³-hybridized carbons (Fsp3) is 0.444. The molecule has 0 bridgehead atoms. The Kier molecular flexibility index (Phi) is 4.36. The number of aromatic nitrogens is 4. The highest BCUT2D eigenvalue weighted by Crippen LogP contribution is 2.33. The van der Waals surface area contributed by atoms with Gasteiger partial charge in [0, 0.05) is 42.5 Å². The van der Waals surface area contributed by atoms with E-state index >= 15 is 0 Å². The van der Waals surface area contributed by atoms with E-state index < -0.39 is 0 Å². The van der Waals surface area contributed by atoms with Gasteiger partial charge in [0.05, 0.1) is 18.4 Å². The standard InChI is InChI=1S/C18H21N5O2S/c1-11-10-26-17-15(21-12(2)23(11)17)13-5-4-6-22(9-13)16(24)14-7-19-18(25-3)20-8-14/h7-8,10,13H,4-6,9H2,1-3H3/t13-/m0/s1. The number of amides is 1. The van der Waals surface area contributed by atoms with Crippen molar-refractivity contribution < 1.29 is 9.53 Å². The summed E-state index contributed by atoms with van der Waals surface area (Å²) < 4.78 is 7.16. The predicted molar refractivity (Wildman–Crippen MR) is 99.0 cm³/mol. The van der Waals surface area contributed by atoms with Gasteiger partial charge in [0.15, 0.2) is 0 Å². The van der Waals surface area contributed by atoms with Gasteiger partial charge in [-0.2, -0.15) is 0 Å². The number of thiazole rings is 1. The summed E-state index contributed by atoms with van der Waals surface area (Å²) in [5, 5.41) is 2.16. The summed E-state index contributed by atoms with van der Waals surface area (Å²) in [7, 11) is 1.51. The SMILES string of the molecule is COc1ncc(C(=O)N2CCC[C@H](c3nc(C)n4c(C)csc34)C2)cn1. The van der Waals surface area contributed by atoms with Crippen LogP contribution in [0.3, 0.4) is 0 Å². The van der Waals surface area contributed by atoms with Crippen LogP contribution in [0.1, 0.15) is 46.3 Å². The van der Waals surface area contributed by atoms with E-state index in [9.17, 15) is 4.79 Å². The van der Waals surface area contributed by atoms with E-state index in [0.717, 1.165) is 30.9 Å². The fourth-order valence-corrected chi connectivity index (χ4v) is 4.72. The Morgan fingerprint density at radius 1 is 1.31 bits per heavy atom. The van der Waals surface area contributed by atoms with Gasteiger partial charge in [-0.25, -0.2) is 15.0 Å². The van der Waals surface area contributed by atoms with Gasteiger partial charge in [-0.1, -0.05) is 0 Å². The Balaban J connectivity index is 1.57. The number of nitrogens with zero attached hydrogens (tertiary/aromatic N) is 5. The summed E-state index contributed by atoms with van der Waals surface area (Å²) in [4.78, 5) is 28.8. The van der Waals surface area contributed by atoms with Crippen LogP contribution in [0.15, 0.2) is 17.8 Å². The highest BCUT2D eigenvalue weighted by atomic mass is 32.1. The van der Waals surface area contributed by atoms with Crippen molar-refractivity contribution in [1.82, 2.24) is 24.3 Å². The zero-order valence-electron chi connectivity index (χ0n) is 15.1. The second kappa shape index (κ2) is 6.68. The van der Waals surface area contributed by atoms with Crippen molar-refractivity contribution >= 4 is 22.1 Å². The minimum atomic E-state index is -0.0353. The van der Waals surface area contributed by atoms with Gasteiger partial charge in [-0.05, 0) is 26.7 Å². The van der Waals surface area contributed by atoms with Gasteiger partial charge in [0.2, 0.25) is 0 Å². The number of methoxy groups -OCH3 is 1. The van der Waals surface area contributed by atoms with E-state index in [0.29, 0.717) is 12.1 Å². The number of carbonyl (C=O) groups excluding carboxylic acids is 1. The molecule has 4 heterocycles. The molecule has 1 atom stereocenters. The van der Waals surface area contributed by atoms with Gasteiger partial charge in [-0.3, -0.25) is 9.20 Å². The lowest BCUT2D eigenvalue weighted by Crippen LogP contribution is -2.39. The van der Waals surface area contributed by atoms with Crippen LogP contribution in [-0.4, -0.2) is 50.4 Å². The molecular formula is C18H21N5O2S. The number of ether oxygens (including phenoxy) is 1. The molecule has 3 aromatic rings. The monoisotopic (exact) mass is 371 g/mol. The highest BCUT2D eigenvalue weighted by Gasteiger charge is 2.29. The molecule has 0 N–H and O–H groups in total. The summed E-state index contributed by atoms with van der Waals surface area (Å²) in [6.07, 6.45) is 5.07. The second-order valence-electron chi connectivity index (χ2n) is 6.61. The molecule has 1 saturated heterocycles. The molecule has 1 fully saturated rings. The number of likely N-dealkylation sites (tertiary alicyclic amines) is 1. The normalized spacial score (nSPS) is 17.7. The Hall–Kier alpha value is -2.48. The number of fused-ring (bicyclic) bond motifs is 1. The van der Waals surface area contributed by atoms with E-state index in [1.165, 1.54) is 30.0 Å². The maximum Gasteiger partial charge on any atom is 0.316 e. The summed E-state index contributed by atoms with van der Waals surface area (Å²) in [6.45, 7) is 5.56. The molecule has 7 nitrogen and oxygen atoms in total. The molecule has 1 aliphatic rings. The third-order valence-electron chi connectivity index (χ3n) is 4.87. The maximum absolute atomic E-state index is 12.8. The van der Waals surface area contributed by atoms with Gasteiger partial charge in [0.1, 0.15) is 10.7 Å². The van der Waals surface area contributed by atoms with Gasteiger partial charge in [-0.15, -0.1) is 11.3 Å². The quantitative estimate of drug-likeness (QED) is 0.708. The summed E-state index contributed by atoms with van der Waals surface area (Å²) in [5.74, 6) is 1.24. The lowest BCUT2D eigenvalue weighted by atomic mass is 9.95. The molecule has 0 radical (unpaired) electrons. The molecule has 8 heteroatoms. The predicted octanol–water partition coefficient (Wildman–Crippen LogP) is 2.83. The molecule has 0 aromatic carbocycles. The average Bonchev–Trinajstić information content (AvgIpc) is 3.22. The minimum absolute atomic E-state index is 0.0353. The highest BCUT2D eigenvalue weighted by molar-refractivity contribution is 7.15. The fourth-order valence-electron chi connectivity index (χ4n) is 3.62. The van der Waals surface area contributed by atoms with E-state index in [1.807, 2.05) is 11.8 Å². The molecule has 0 aliphatic carbocycles. The summed E-state index contributed by atoms with van der Waals surface area (Å²) in [5.41, 5.74) is 2.81. The van der Waals surface area contributed by atoms with Crippen LogP contribution < -0.4 is 4.74 Å². The lowest BCUT2D eigenvalue weighted by Gasteiger charge is -2.32. The van der Waals surface area contributed by atoms with Crippen LogP contribution in [0.5, 0.6) is 6.01 Å². The molecule has 0 spiro atoms. The number of hydrogen-bond donors (Lipinski definition) is 0. The number of rotatable bonds is 3. The van der Waals surface area contributed by atoms with E-state index in [-0.39, 0.29) is 17.8 Å². The number of hydrogen-bond acceptors (Lipinski definition) is 6. The molecule has 4 rings (SSSR count). The Bertz CT molecular complexity index is 947. The number of carbonyl (C=O) groups is 1. The van der Waals surface area contributed by atoms with Crippen LogP contribution in [0.2, 0.25) is 0 Å². The van der Waals surface area contributed by atoms with E-state index in [4.69, 9.17) is 9.72 Å². The molecule has 1 aliphatic heterocycles. The van der Waals surface area contributed by atoms with Crippen LogP contribution >= 0.6 is 11.3 Å². The first-order chi connectivity index (χ1) is 12.6. The zero-order chi connectivity index (χ0) is 18.3. The number of imidazole rings is 1. The topological polar surface area (TPSA) is 72.6 Å². The van der Waals surface area contributed by atoms with Crippen LogP contribution in [-0.2, 0) is 0 Å². The lowest BCUT2D eigenvalue weighted by molar-refractivity contribution is 0.0705. The van der Waals surface area contributed by atoms with E-state index in [2.05, 4.69) is 26.7 Å². The Morgan fingerprint density at radius 2 is 2.08 bits per heavy atom. The summed E-state index contributed by atoms with van der Waals surface area (Å²) in [6, 6.07) is 0.266. The second-order valence-corrected chi connectivity index (χ2v) is 7.47. The molecule has 0 unspecified atom stereocenters. The van der Waals surface area contributed by atoms with Crippen molar-refractivity contribution in [3.05, 3.63) is 40.5 Å². The van der Waals surface area contributed by atoms with Crippen molar-refractivity contribution in [2.24, 2.45) is 0 Å². The first-order valence-corrected chi connectivity index (χ1v) is 9.54. The van der Waals surface area contributed by atoms with Gasteiger partial charge in [0.25, 0.3) is 5.91 Å². The molecular weight excluding hydrogens is 350 g/mol. The van der Waals surface area contributed by atoms with Crippen LogP contribution in [0.25, 0.3) is 4.83 Å². The number of piperidine rings is 1. The molecule has 26 heavy (non-hydrogen) atoms. The maximum atomic E-state index is 12.8. The molecule has 0 saturated carbocycles. The largest absolute Gasteiger partial charge is 0.467 e. The number of aryl methyl sites for hydroxylation is 2. The first kappa shape index (κ1) is 17.0. The van der Waals surface area contributed by atoms with Crippen LogP contribution in [0, 0.1) is 13.8 Å². The third kappa shape index (κ3) is 2.84. The molecule has 1 amide bonds. The average molecular weight is 371 g/mol. The van der Waals surface area contributed by atoms with Crippen molar-refractivity contribution in [3.8, 4) is 6.01 Å². The van der Waals surface area contributed by atoms with Crippen molar-refractivity contribution in [1.29, 1.82) is 0 Å². The Labute approximate surface area is 155 Å². The Morgan fingerprint density at radius 3 is 2.81 bits per heavy atom. The van der Waals surface area contributed by atoms with E-state index in [1.54, 1.807) is 11.3 Å². The molecule has 136 valence electrons. The first-order valence-electron chi connectivity index (χ1n) is 8.67. The van der Waals surface area contributed by atoms with Crippen molar-refractivity contribution in [3.63, 3.8) is 0 Å². The summed E-state index contributed by atoms with van der Waals surface area (Å²) >= 11 is 1.73. The third-order valence-corrected chi connectivity index (χ3v) is 5.95. The van der Waals surface area contributed by atoms with Gasteiger partial charge >= 0.3 is 6.01 Å². The van der Waals surface area contributed by atoms with Crippen molar-refractivity contribution in [2.45, 2.75) is 32.6 Å². The van der Waals surface area contributed by atoms with Crippen molar-refractivity contribution in [2.75, 3.05) is 20.2 Å². The molecule has 3 aromatic heterocycles. The minimum Gasteiger partial charge on any atom is -0.467 e. The van der Waals surface area contributed by atoms with Crippen LogP contribution in [0.4, 0.5) is 0 Å². The smallest absolute Gasteiger partial charge is 0.316 e.